The quantitative estimate of drug-likeness (QED) is 0.944. The van der Waals surface area contributed by atoms with E-state index in [4.69, 9.17) is 10.2 Å². The lowest BCUT2D eigenvalue weighted by Gasteiger charge is -2.39. The number of nitrogens with zero attached hydrogens (tertiary/aromatic N) is 2. The van der Waals surface area contributed by atoms with Gasteiger partial charge in [0, 0.05) is 24.5 Å². The summed E-state index contributed by atoms with van der Waals surface area (Å²) in [4.78, 5) is 19.0. The summed E-state index contributed by atoms with van der Waals surface area (Å²) in [7, 11) is 0. The molecule has 1 aliphatic rings. The summed E-state index contributed by atoms with van der Waals surface area (Å²) in [5.74, 6) is 1.08. The first kappa shape index (κ1) is 15.2. The van der Waals surface area contributed by atoms with Crippen LogP contribution in [0.2, 0.25) is 0 Å². The lowest BCUT2D eigenvalue weighted by molar-refractivity contribution is 0.0532. The van der Waals surface area contributed by atoms with Crippen molar-refractivity contribution in [3.8, 4) is 11.5 Å². The van der Waals surface area contributed by atoms with Gasteiger partial charge >= 0.3 is 0 Å². The molecule has 0 saturated carbocycles. The van der Waals surface area contributed by atoms with Crippen LogP contribution < -0.4 is 5.73 Å². The molecule has 0 radical (unpaired) electrons. The standard InChI is InChI=1S/C16H21N3O2S/c1-10-4-3-5-19(14(10)7-17)16(20)12-6-15(21-8-12)13-9-22-11(2)18-13/h6,8-10,14H,3-5,7,17H2,1-2H3. The van der Waals surface area contributed by atoms with Crippen molar-refractivity contribution in [3.05, 3.63) is 28.3 Å². The third kappa shape index (κ3) is 2.80. The Morgan fingerprint density at radius 1 is 1.59 bits per heavy atom. The zero-order chi connectivity index (χ0) is 15.7. The van der Waals surface area contributed by atoms with E-state index in [9.17, 15) is 4.79 Å². The van der Waals surface area contributed by atoms with Crippen LogP contribution in [-0.4, -0.2) is 34.9 Å². The van der Waals surface area contributed by atoms with Crippen LogP contribution in [0.1, 0.15) is 35.1 Å². The normalized spacial score (nSPS) is 22.0. The molecule has 0 aliphatic carbocycles. The average molecular weight is 319 g/mol. The van der Waals surface area contributed by atoms with E-state index in [2.05, 4.69) is 11.9 Å². The summed E-state index contributed by atoms with van der Waals surface area (Å²) < 4.78 is 5.54. The van der Waals surface area contributed by atoms with E-state index >= 15 is 0 Å². The van der Waals surface area contributed by atoms with Crippen molar-refractivity contribution in [1.29, 1.82) is 0 Å². The van der Waals surface area contributed by atoms with Crippen LogP contribution in [0.15, 0.2) is 22.1 Å². The maximum Gasteiger partial charge on any atom is 0.257 e. The fraction of sp³-hybridized carbons (Fsp3) is 0.500. The number of carbonyl (C=O) groups excluding carboxylic acids is 1. The topological polar surface area (TPSA) is 72.4 Å². The number of aromatic nitrogens is 1. The highest BCUT2D eigenvalue weighted by Crippen LogP contribution is 2.27. The SMILES string of the molecule is Cc1nc(-c2cc(C(=O)N3CCCC(C)C3CN)co2)cs1. The van der Waals surface area contributed by atoms with Crippen LogP contribution in [0.4, 0.5) is 0 Å². The van der Waals surface area contributed by atoms with Gasteiger partial charge in [-0.05, 0) is 31.7 Å². The Hall–Kier alpha value is -1.66. The highest BCUT2D eigenvalue weighted by atomic mass is 32.1. The molecule has 2 atom stereocenters. The number of hydrogen-bond acceptors (Lipinski definition) is 5. The summed E-state index contributed by atoms with van der Waals surface area (Å²) in [5, 5.41) is 2.92. The van der Waals surface area contributed by atoms with Crippen LogP contribution >= 0.6 is 11.3 Å². The Morgan fingerprint density at radius 3 is 3.09 bits per heavy atom. The molecule has 3 heterocycles. The number of hydrogen-bond donors (Lipinski definition) is 1. The van der Waals surface area contributed by atoms with E-state index in [-0.39, 0.29) is 11.9 Å². The fourth-order valence-electron chi connectivity index (χ4n) is 3.09. The van der Waals surface area contributed by atoms with Crippen LogP contribution in [0.5, 0.6) is 0 Å². The minimum Gasteiger partial charge on any atom is -0.462 e. The van der Waals surface area contributed by atoms with Gasteiger partial charge in [-0.15, -0.1) is 11.3 Å². The average Bonchev–Trinajstić information content (AvgIpc) is 3.15. The van der Waals surface area contributed by atoms with Gasteiger partial charge in [-0.1, -0.05) is 6.92 Å². The molecule has 2 N–H and O–H groups in total. The highest BCUT2D eigenvalue weighted by molar-refractivity contribution is 7.09. The largest absolute Gasteiger partial charge is 0.462 e. The van der Waals surface area contributed by atoms with Crippen molar-refractivity contribution in [2.75, 3.05) is 13.1 Å². The molecular formula is C16H21N3O2S. The van der Waals surface area contributed by atoms with Gasteiger partial charge in [0.05, 0.1) is 10.6 Å². The Balaban J connectivity index is 1.81. The van der Waals surface area contributed by atoms with Gasteiger partial charge in [-0.2, -0.15) is 0 Å². The van der Waals surface area contributed by atoms with Gasteiger partial charge in [0.25, 0.3) is 5.91 Å². The zero-order valence-electron chi connectivity index (χ0n) is 12.9. The number of piperidine rings is 1. The monoisotopic (exact) mass is 319 g/mol. The van der Waals surface area contributed by atoms with Crippen LogP contribution in [0.3, 0.4) is 0 Å². The molecule has 5 nitrogen and oxygen atoms in total. The number of thiazole rings is 1. The van der Waals surface area contributed by atoms with Gasteiger partial charge in [0.15, 0.2) is 5.76 Å². The van der Waals surface area contributed by atoms with Crippen molar-refractivity contribution in [2.45, 2.75) is 32.7 Å². The second-order valence-corrected chi connectivity index (χ2v) is 6.93. The number of likely N-dealkylation sites (tertiary alicyclic amines) is 1. The van der Waals surface area contributed by atoms with Gasteiger partial charge in [0.1, 0.15) is 12.0 Å². The minimum absolute atomic E-state index is 0.00366. The summed E-state index contributed by atoms with van der Waals surface area (Å²) in [5.41, 5.74) is 7.23. The molecule has 6 heteroatoms. The highest BCUT2D eigenvalue weighted by Gasteiger charge is 2.32. The third-order valence-electron chi connectivity index (χ3n) is 4.34. The summed E-state index contributed by atoms with van der Waals surface area (Å²) in [6.45, 7) is 5.38. The van der Waals surface area contributed by atoms with E-state index in [1.54, 1.807) is 17.4 Å². The molecule has 2 aromatic rings. The molecule has 2 aromatic heterocycles. The Labute approximate surface area is 134 Å². The molecule has 0 bridgehead atoms. The Morgan fingerprint density at radius 2 is 2.41 bits per heavy atom. The van der Waals surface area contributed by atoms with Crippen molar-refractivity contribution in [2.24, 2.45) is 11.7 Å². The lowest BCUT2D eigenvalue weighted by Crippen LogP contribution is -2.51. The predicted molar refractivity (Wildman–Crippen MR) is 86.8 cm³/mol. The molecule has 0 aromatic carbocycles. The Kier molecular flexibility index (Phi) is 4.31. The van der Waals surface area contributed by atoms with E-state index in [0.29, 0.717) is 23.8 Å². The zero-order valence-corrected chi connectivity index (χ0v) is 13.7. The Bertz CT molecular complexity index is 664. The molecule has 1 amide bonds. The molecule has 1 aliphatic heterocycles. The van der Waals surface area contributed by atoms with Gasteiger partial charge in [-0.25, -0.2) is 4.98 Å². The summed E-state index contributed by atoms with van der Waals surface area (Å²) in [6, 6.07) is 1.89. The molecule has 22 heavy (non-hydrogen) atoms. The van der Waals surface area contributed by atoms with E-state index in [0.717, 1.165) is 30.1 Å². The molecule has 1 saturated heterocycles. The first-order valence-electron chi connectivity index (χ1n) is 7.62. The molecule has 3 rings (SSSR count). The molecule has 118 valence electrons. The van der Waals surface area contributed by atoms with Crippen LogP contribution in [0.25, 0.3) is 11.5 Å². The lowest BCUT2D eigenvalue weighted by atomic mass is 9.90. The van der Waals surface area contributed by atoms with Crippen molar-refractivity contribution in [1.82, 2.24) is 9.88 Å². The maximum absolute atomic E-state index is 12.8. The number of furan rings is 1. The number of amides is 1. The summed E-state index contributed by atoms with van der Waals surface area (Å²) in [6.07, 6.45) is 3.68. The second kappa shape index (κ2) is 6.22. The fourth-order valence-corrected chi connectivity index (χ4v) is 3.69. The van der Waals surface area contributed by atoms with Crippen molar-refractivity contribution < 1.29 is 9.21 Å². The third-order valence-corrected chi connectivity index (χ3v) is 5.11. The van der Waals surface area contributed by atoms with Crippen LogP contribution in [-0.2, 0) is 0 Å². The maximum atomic E-state index is 12.8. The minimum atomic E-state index is 0.00366. The predicted octanol–water partition coefficient (Wildman–Crippen LogP) is 2.91. The molecule has 2 unspecified atom stereocenters. The van der Waals surface area contributed by atoms with E-state index in [1.165, 1.54) is 6.26 Å². The molecule has 0 spiro atoms. The first-order chi connectivity index (χ1) is 10.6. The number of rotatable bonds is 3. The van der Waals surface area contributed by atoms with Gasteiger partial charge in [0.2, 0.25) is 0 Å². The number of nitrogens with two attached hydrogens (primary N) is 1. The van der Waals surface area contributed by atoms with Crippen LogP contribution in [0, 0.1) is 12.8 Å². The smallest absolute Gasteiger partial charge is 0.257 e. The van der Waals surface area contributed by atoms with E-state index < -0.39 is 0 Å². The second-order valence-electron chi connectivity index (χ2n) is 5.87. The number of aryl methyl sites for hydroxylation is 1. The summed E-state index contributed by atoms with van der Waals surface area (Å²) >= 11 is 1.57. The van der Waals surface area contributed by atoms with E-state index in [1.807, 2.05) is 17.2 Å². The molecular weight excluding hydrogens is 298 g/mol. The van der Waals surface area contributed by atoms with Gasteiger partial charge in [-0.3, -0.25) is 4.79 Å². The van der Waals surface area contributed by atoms with Crippen molar-refractivity contribution in [3.63, 3.8) is 0 Å². The van der Waals surface area contributed by atoms with Crippen molar-refractivity contribution >= 4 is 17.2 Å². The number of carbonyl (C=O) groups is 1. The first-order valence-corrected chi connectivity index (χ1v) is 8.50. The molecule has 1 fully saturated rings. The van der Waals surface area contributed by atoms with Gasteiger partial charge < -0.3 is 15.1 Å².